The summed E-state index contributed by atoms with van der Waals surface area (Å²) in [7, 11) is -3.54. The molecule has 0 aromatic heterocycles. The van der Waals surface area contributed by atoms with Crippen molar-refractivity contribution in [3.63, 3.8) is 0 Å². The highest BCUT2D eigenvalue weighted by Crippen LogP contribution is 2.22. The van der Waals surface area contributed by atoms with Gasteiger partial charge in [0.2, 0.25) is 15.9 Å². The van der Waals surface area contributed by atoms with Crippen molar-refractivity contribution in [2.75, 3.05) is 15.9 Å². The summed E-state index contributed by atoms with van der Waals surface area (Å²) in [6.45, 7) is 5.32. The Labute approximate surface area is 205 Å². The van der Waals surface area contributed by atoms with Crippen LogP contribution in [0.1, 0.15) is 40.9 Å². The number of rotatable bonds is 8. The molecule has 2 N–H and O–H groups in total. The van der Waals surface area contributed by atoms with Gasteiger partial charge in [-0.15, -0.1) is 0 Å². The molecule has 3 aromatic rings. The molecule has 0 aliphatic heterocycles. The molecule has 0 unspecified atom stereocenters. The van der Waals surface area contributed by atoms with Crippen LogP contribution >= 0.6 is 0 Å². The molecule has 182 valence electrons. The third kappa shape index (κ3) is 7.00. The van der Waals surface area contributed by atoms with E-state index in [1.165, 1.54) is 11.2 Å². The number of hydrogen-bond acceptors (Lipinski definition) is 5. The summed E-state index contributed by atoms with van der Waals surface area (Å²) in [5.41, 5.74) is 7.26. The Balaban J connectivity index is 1.71. The Bertz CT molecular complexity index is 1350. The van der Waals surface area contributed by atoms with Crippen molar-refractivity contribution < 1.29 is 18.0 Å². The molecule has 3 rings (SSSR count). The van der Waals surface area contributed by atoms with E-state index in [0.717, 1.165) is 22.9 Å². The lowest BCUT2D eigenvalue weighted by atomic mass is 10.1. The van der Waals surface area contributed by atoms with Crippen molar-refractivity contribution in [3.8, 4) is 0 Å². The Morgan fingerprint density at radius 1 is 0.886 bits per heavy atom. The first-order valence-electron chi connectivity index (χ1n) is 10.9. The first kappa shape index (κ1) is 25.6. The van der Waals surface area contributed by atoms with E-state index in [1.54, 1.807) is 55.5 Å². The highest BCUT2D eigenvalue weighted by atomic mass is 32.2. The van der Waals surface area contributed by atoms with E-state index in [2.05, 4.69) is 15.8 Å². The number of anilines is 2. The number of carbonyl (C=O) groups excluding carboxylic acids is 2. The van der Waals surface area contributed by atoms with E-state index in [4.69, 9.17) is 0 Å². The van der Waals surface area contributed by atoms with Gasteiger partial charge in [-0.3, -0.25) is 13.9 Å². The van der Waals surface area contributed by atoms with Gasteiger partial charge in [-0.1, -0.05) is 36.4 Å². The van der Waals surface area contributed by atoms with Gasteiger partial charge in [0.1, 0.15) is 0 Å². The fourth-order valence-corrected chi connectivity index (χ4v) is 4.26. The Morgan fingerprint density at radius 3 is 2.06 bits per heavy atom. The maximum atomic E-state index is 12.6. The van der Waals surface area contributed by atoms with Crippen LogP contribution < -0.4 is 15.0 Å². The number of sulfonamides is 1. The minimum Gasteiger partial charge on any atom is -0.326 e. The molecule has 0 bridgehead atoms. The lowest BCUT2D eigenvalue weighted by Gasteiger charge is -2.23. The standard InChI is InChI=1S/C26H28N4O4S/c1-18-7-5-6-8-23(18)17-30(35(4,33)34)25-15-11-22(12-16-25)26(32)29-28-19(2)21-9-13-24(14-10-21)27-20(3)31/h5-16H,17H2,1-4H3,(H,27,31)(H,29,32)/b28-19-. The predicted molar refractivity (Wildman–Crippen MR) is 139 cm³/mol. The number of benzene rings is 3. The molecule has 35 heavy (non-hydrogen) atoms. The average molecular weight is 493 g/mol. The maximum Gasteiger partial charge on any atom is 0.271 e. The maximum absolute atomic E-state index is 12.6. The van der Waals surface area contributed by atoms with Gasteiger partial charge in [0.05, 0.1) is 24.2 Å². The smallest absolute Gasteiger partial charge is 0.271 e. The molecule has 0 radical (unpaired) electrons. The monoisotopic (exact) mass is 492 g/mol. The van der Waals surface area contributed by atoms with Gasteiger partial charge in [-0.25, -0.2) is 13.8 Å². The molecular weight excluding hydrogens is 464 g/mol. The van der Waals surface area contributed by atoms with Crippen LogP contribution in [-0.4, -0.2) is 32.2 Å². The quantitative estimate of drug-likeness (QED) is 0.365. The largest absolute Gasteiger partial charge is 0.326 e. The zero-order valence-electron chi connectivity index (χ0n) is 20.1. The van der Waals surface area contributed by atoms with E-state index in [9.17, 15) is 18.0 Å². The van der Waals surface area contributed by atoms with Crippen LogP contribution in [0.25, 0.3) is 0 Å². The Kier molecular flexibility index (Phi) is 8.03. The van der Waals surface area contributed by atoms with E-state index >= 15 is 0 Å². The molecule has 0 saturated heterocycles. The molecule has 0 spiro atoms. The highest BCUT2D eigenvalue weighted by Gasteiger charge is 2.19. The number of nitrogens with zero attached hydrogens (tertiary/aromatic N) is 2. The fourth-order valence-electron chi connectivity index (χ4n) is 3.38. The van der Waals surface area contributed by atoms with Crippen molar-refractivity contribution in [2.24, 2.45) is 5.10 Å². The number of aryl methyl sites for hydroxylation is 1. The normalized spacial score (nSPS) is 11.6. The van der Waals surface area contributed by atoms with Crippen molar-refractivity contribution in [3.05, 3.63) is 95.1 Å². The average Bonchev–Trinajstić information content (AvgIpc) is 2.81. The van der Waals surface area contributed by atoms with E-state index < -0.39 is 15.9 Å². The van der Waals surface area contributed by atoms with Crippen LogP contribution in [0.5, 0.6) is 0 Å². The zero-order valence-corrected chi connectivity index (χ0v) is 20.9. The van der Waals surface area contributed by atoms with Crippen molar-refractivity contribution in [1.82, 2.24) is 5.43 Å². The van der Waals surface area contributed by atoms with Crippen molar-refractivity contribution >= 4 is 38.9 Å². The molecule has 3 aromatic carbocycles. The number of nitrogens with one attached hydrogen (secondary N) is 2. The second-order valence-corrected chi connectivity index (χ2v) is 10.0. The van der Waals surface area contributed by atoms with E-state index in [0.29, 0.717) is 22.6 Å². The lowest BCUT2D eigenvalue weighted by molar-refractivity contribution is -0.114. The summed E-state index contributed by atoms with van der Waals surface area (Å²) in [5, 5.41) is 6.84. The van der Waals surface area contributed by atoms with Gasteiger partial charge in [-0.05, 0) is 66.9 Å². The van der Waals surface area contributed by atoms with Crippen LogP contribution in [0.15, 0.2) is 77.9 Å². The summed E-state index contributed by atoms with van der Waals surface area (Å²) in [6, 6.07) is 21.0. The van der Waals surface area contributed by atoms with Crippen LogP contribution in [0, 0.1) is 6.92 Å². The highest BCUT2D eigenvalue weighted by molar-refractivity contribution is 7.92. The lowest BCUT2D eigenvalue weighted by Crippen LogP contribution is -2.29. The molecule has 0 saturated carbocycles. The van der Waals surface area contributed by atoms with Crippen LogP contribution in [0.2, 0.25) is 0 Å². The summed E-state index contributed by atoms with van der Waals surface area (Å²) < 4.78 is 26.2. The minimum atomic E-state index is -3.54. The summed E-state index contributed by atoms with van der Waals surface area (Å²) >= 11 is 0. The van der Waals surface area contributed by atoms with E-state index in [1.807, 2.05) is 31.2 Å². The van der Waals surface area contributed by atoms with Crippen LogP contribution in [0.4, 0.5) is 11.4 Å². The van der Waals surface area contributed by atoms with Crippen molar-refractivity contribution in [2.45, 2.75) is 27.3 Å². The molecule has 8 nitrogen and oxygen atoms in total. The van der Waals surface area contributed by atoms with Gasteiger partial charge in [0, 0.05) is 18.2 Å². The van der Waals surface area contributed by atoms with E-state index in [-0.39, 0.29) is 12.5 Å². The number of hydrogen-bond donors (Lipinski definition) is 2. The molecule has 9 heteroatoms. The zero-order chi connectivity index (χ0) is 25.6. The molecule has 0 atom stereocenters. The fraction of sp³-hybridized carbons (Fsp3) is 0.192. The Morgan fingerprint density at radius 2 is 1.49 bits per heavy atom. The summed E-state index contributed by atoms with van der Waals surface area (Å²) in [5.74, 6) is -0.577. The number of amides is 2. The topological polar surface area (TPSA) is 108 Å². The number of hydrazone groups is 1. The first-order valence-corrected chi connectivity index (χ1v) is 12.7. The molecule has 0 aliphatic carbocycles. The molecule has 0 heterocycles. The van der Waals surface area contributed by atoms with Crippen molar-refractivity contribution in [1.29, 1.82) is 0 Å². The molecular formula is C26H28N4O4S. The predicted octanol–water partition coefficient (Wildman–Crippen LogP) is 4.07. The van der Waals surface area contributed by atoms with Crippen LogP contribution in [0.3, 0.4) is 0 Å². The molecule has 0 aliphatic rings. The Hall–Kier alpha value is -3.98. The first-order chi connectivity index (χ1) is 16.5. The van der Waals surface area contributed by atoms with Crippen LogP contribution in [-0.2, 0) is 21.4 Å². The molecule has 2 amide bonds. The van der Waals surface area contributed by atoms with Gasteiger partial charge in [0.25, 0.3) is 5.91 Å². The molecule has 0 fully saturated rings. The summed E-state index contributed by atoms with van der Waals surface area (Å²) in [6.07, 6.45) is 1.16. The van der Waals surface area contributed by atoms with Gasteiger partial charge in [-0.2, -0.15) is 5.10 Å². The minimum absolute atomic E-state index is 0.156. The third-order valence-electron chi connectivity index (χ3n) is 5.34. The second-order valence-electron chi connectivity index (χ2n) is 8.14. The third-order valence-corrected chi connectivity index (χ3v) is 6.48. The number of carbonyl (C=O) groups is 2. The SMILES string of the molecule is CC(=O)Nc1ccc(/C(C)=N\NC(=O)c2ccc(N(Cc3ccccc3C)S(C)(=O)=O)cc2)cc1. The second kappa shape index (κ2) is 11.0. The summed E-state index contributed by atoms with van der Waals surface area (Å²) in [4.78, 5) is 23.7. The van der Waals surface area contributed by atoms with Gasteiger partial charge < -0.3 is 5.32 Å². The van der Waals surface area contributed by atoms with Gasteiger partial charge >= 0.3 is 0 Å². The van der Waals surface area contributed by atoms with Gasteiger partial charge in [0.15, 0.2) is 0 Å².